The van der Waals surface area contributed by atoms with Crippen LogP contribution in [-0.4, -0.2) is 65.0 Å². The minimum Gasteiger partial charge on any atom is -0.379 e. The van der Waals surface area contributed by atoms with Gasteiger partial charge < -0.3 is 14.5 Å². The number of benzene rings is 2. The lowest BCUT2D eigenvalue weighted by atomic mass is 10.1. The fourth-order valence-corrected chi connectivity index (χ4v) is 8.36. The zero-order valence-electron chi connectivity index (χ0n) is 22.0. The maximum Gasteiger partial charge on any atom is 0.416 e. The molecule has 0 aliphatic carbocycles. The smallest absolute Gasteiger partial charge is 0.379 e. The van der Waals surface area contributed by atoms with Gasteiger partial charge in [0, 0.05) is 59.8 Å². The quantitative estimate of drug-likeness (QED) is 0.193. The highest BCUT2D eigenvalue weighted by Gasteiger charge is 2.37. The van der Waals surface area contributed by atoms with Crippen LogP contribution in [0, 0.1) is 11.6 Å². The van der Waals surface area contributed by atoms with Gasteiger partial charge in [-0.2, -0.15) is 29.1 Å². The van der Waals surface area contributed by atoms with E-state index in [4.69, 9.17) is 16.3 Å². The number of carbonyl (C=O) groups excluding carboxylic acids is 1. The largest absolute Gasteiger partial charge is 0.416 e. The molecule has 0 spiro atoms. The van der Waals surface area contributed by atoms with Crippen LogP contribution in [0.4, 0.5) is 27.8 Å². The van der Waals surface area contributed by atoms with Crippen LogP contribution in [0.25, 0.3) is 10.9 Å². The van der Waals surface area contributed by atoms with Crippen molar-refractivity contribution in [3.8, 4) is 0 Å². The summed E-state index contributed by atoms with van der Waals surface area (Å²) >= 11 is 5.99. The Hall–Kier alpha value is -3.16. The molecular weight excluding hydrogens is 591 g/mol. The number of alkyl halides is 3. The van der Waals surface area contributed by atoms with E-state index in [1.54, 1.807) is 16.7 Å². The molecule has 2 aliphatic heterocycles. The van der Waals surface area contributed by atoms with Gasteiger partial charge in [0.1, 0.15) is 17.5 Å². The standard InChI is InChI=1S/C27H26ClF5N4O3S/c1-4-23(38)35-5-6-36(14(2)11-35)25-17-7-15(27(31,32)33)8-22-24(17)37(26(39)34-25)12-16(40-3)13-41(22)21-9-18(28)19(29)10-20(21)30/h4,7-10,14,16,41H,1,5-6,11-13H2,2-3H3/t14-,16-/m0/s1. The normalized spacial score (nSPS) is 22.1. The molecule has 41 heavy (non-hydrogen) atoms. The molecule has 2 aliphatic rings. The first kappa shape index (κ1) is 29.3. The average molecular weight is 617 g/mol. The molecule has 0 radical (unpaired) electrons. The van der Waals surface area contributed by atoms with Crippen LogP contribution in [0.1, 0.15) is 12.5 Å². The summed E-state index contributed by atoms with van der Waals surface area (Å²) in [6, 6.07) is 3.16. The number of halogens is 6. The molecule has 3 atom stereocenters. The summed E-state index contributed by atoms with van der Waals surface area (Å²) in [6.45, 7) is 5.92. The van der Waals surface area contributed by atoms with Gasteiger partial charge in [-0.1, -0.05) is 18.2 Å². The first-order chi connectivity index (χ1) is 19.3. The summed E-state index contributed by atoms with van der Waals surface area (Å²) in [5, 5.41) is -0.318. The number of nitrogens with zero attached hydrogens (tertiary/aromatic N) is 4. The molecule has 7 nitrogen and oxygen atoms in total. The lowest BCUT2D eigenvalue weighted by molar-refractivity contribution is -0.137. The monoisotopic (exact) mass is 616 g/mol. The number of piperazine rings is 1. The highest BCUT2D eigenvalue weighted by molar-refractivity contribution is 8.17. The average Bonchev–Trinajstić information content (AvgIpc) is 3.09. The molecule has 0 saturated carbocycles. The minimum atomic E-state index is -4.78. The Morgan fingerprint density at radius 3 is 2.51 bits per heavy atom. The molecule has 14 heteroatoms. The second-order valence-corrected chi connectivity index (χ2v) is 12.5. The fourth-order valence-electron chi connectivity index (χ4n) is 5.40. The SMILES string of the molecule is C=CC(=O)N1CCN(c2nc(=O)n3c4c(cc(C(F)(F)F)cc24)[SH](c2cc(Cl)c(F)cc2F)C[C@@H](OC)C3)[C@@H](C)C1. The summed E-state index contributed by atoms with van der Waals surface area (Å²) in [5.41, 5.74) is -1.53. The third-order valence-electron chi connectivity index (χ3n) is 7.42. The molecule has 0 bridgehead atoms. The highest BCUT2D eigenvalue weighted by atomic mass is 35.5. The highest BCUT2D eigenvalue weighted by Crippen LogP contribution is 2.53. The number of hydrogen-bond donors (Lipinski definition) is 1. The molecule has 2 aromatic carbocycles. The van der Waals surface area contributed by atoms with E-state index in [9.17, 15) is 27.2 Å². The predicted octanol–water partition coefficient (Wildman–Crippen LogP) is 5.02. The van der Waals surface area contributed by atoms with Gasteiger partial charge in [-0.3, -0.25) is 9.36 Å². The molecule has 3 aromatic rings. The lowest BCUT2D eigenvalue weighted by Gasteiger charge is -2.40. The van der Waals surface area contributed by atoms with Crippen molar-refractivity contribution in [2.75, 3.05) is 37.4 Å². The molecular formula is C27H26ClF5N4O3S. The number of aromatic nitrogens is 2. The summed E-state index contributed by atoms with van der Waals surface area (Å²) in [4.78, 5) is 33.2. The molecule has 1 unspecified atom stereocenters. The van der Waals surface area contributed by atoms with Gasteiger partial charge in [0.05, 0.1) is 28.8 Å². The van der Waals surface area contributed by atoms with Crippen molar-refractivity contribution in [3.05, 3.63) is 69.6 Å². The predicted molar refractivity (Wildman–Crippen MR) is 147 cm³/mol. The van der Waals surface area contributed by atoms with E-state index in [0.29, 0.717) is 6.07 Å². The maximum atomic E-state index is 15.2. The van der Waals surface area contributed by atoms with E-state index in [-0.39, 0.29) is 69.4 Å². The van der Waals surface area contributed by atoms with E-state index in [2.05, 4.69) is 11.6 Å². The number of thiol groups is 1. The van der Waals surface area contributed by atoms with Crippen LogP contribution >= 0.6 is 22.5 Å². The number of anilines is 1. The topological polar surface area (TPSA) is 67.7 Å². The molecule has 1 fully saturated rings. The van der Waals surface area contributed by atoms with Crippen molar-refractivity contribution in [3.63, 3.8) is 0 Å². The second kappa shape index (κ2) is 10.9. The van der Waals surface area contributed by atoms with Crippen molar-refractivity contribution in [1.82, 2.24) is 14.5 Å². The molecule has 220 valence electrons. The van der Waals surface area contributed by atoms with Gasteiger partial charge in [0.25, 0.3) is 0 Å². The van der Waals surface area contributed by atoms with Crippen molar-refractivity contribution >= 4 is 45.1 Å². The zero-order valence-corrected chi connectivity index (χ0v) is 23.7. The molecule has 1 amide bonds. The van der Waals surface area contributed by atoms with Gasteiger partial charge in [-0.05, 0) is 31.2 Å². The molecule has 3 heterocycles. The Kier molecular flexibility index (Phi) is 7.81. The number of rotatable bonds is 4. The fraction of sp³-hybridized carbons (Fsp3) is 0.370. The summed E-state index contributed by atoms with van der Waals surface area (Å²) in [5.74, 6) is -2.15. The number of amides is 1. The first-order valence-corrected chi connectivity index (χ1v) is 14.5. The van der Waals surface area contributed by atoms with Gasteiger partial charge in [-0.15, -0.1) is 0 Å². The van der Waals surface area contributed by atoms with Gasteiger partial charge in [0.15, 0.2) is 0 Å². The zero-order chi connectivity index (χ0) is 29.8. The Bertz CT molecular complexity index is 1610. The van der Waals surface area contributed by atoms with Crippen LogP contribution in [-0.2, 0) is 22.3 Å². The third-order valence-corrected chi connectivity index (χ3v) is 10.3. The van der Waals surface area contributed by atoms with Crippen molar-refractivity contribution in [2.45, 2.75) is 41.6 Å². The minimum absolute atomic E-state index is 0.0372. The lowest BCUT2D eigenvalue weighted by Crippen LogP contribution is -2.54. The first-order valence-electron chi connectivity index (χ1n) is 12.6. The summed E-state index contributed by atoms with van der Waals surface area (Å²) < 4.78 is 79.0. The van der Waals surface area contributed by atoms with Crippen LogP contribution in [0.15, 0.2) is 51.5 Å². The van der Waals surface area contributed by atoms with E-state index < -0.39 is 52.1 Å². The Balaban J connectivity index is 1.80. The van der Waals surface area contributed by atoms with Crippen LogP contribution in [0.3, 0.4) is 0 Å². The Labute approximate surface area is 239 Å². The van der Waals surface area contributed by atoms with E-state index in [1.807, 2.05) is 0 Å². The van der Waals surface area contributed by atoms with Crippen molar-refractivity contribution in [2.24, 2.45) is 0 Å². The Morgan fingerprint density at radius 1 is 1.15 bits per heavy atom. The van der Waals surface area contributed by atoms with Crippen molar-refractivity contribution < 1.29 is 31.5 Å². The second-order valence-electron chi connectivity index (χ2n) is 9.93. The molecule has 5 rings (SSSR count). The van der Waals surface area contributed by atoms with Gasteiger partial charge >= 0.3 is 11.9 Å². The Morgan fingerprint density at radius 2 is 1.88 bits per heavy atom. The van der Waals surface area contributed by atoms with E-state index in [0.717, 1.165) is 18.2 Å². The van der Waals surface area contributed by atoms with Crippen molar-refractivity contribution in [1.29, 1.82) is 0 Å². The number of methoxy groups -OCH3 is 1. The number of ether oxygens (including phenoxy) is 1. The molecule has 1 aromatic heterocycles. The maximum absolute atomic E-state index is 15.2. The van der Waals surface area contributed by atoms with Gasteiger partial charge in [0.2, 0.25) is 5.91 Å². The van der Waals surface area contributed by atoms with E-state index in [1.165, 1.54) is 17.8 Å². The van der Waals surface area contributed by atoms with Crippen LogP contribution < -0.4 is 10.6 Å². The van der Waals surface area contributed by atoms with Crippen LogP contribution in [0.2, 0.25) is 5.02 Å². The van der Waals surface area contributed by atoms with Crippen LogP contribution in [0.5, 0.6) is 0 Å². The third kappa shape index (κ3) is 5.30. The summed E-state index contributed by atoms with van der Waals surface area (Å²) in [7, 11) is -0.561. The number of hydrogen-bond acceptors (Lipinski definition) is 5. The molecule has 1 saturated heterocycles. The molecule has 0 N–H and O–H groups in total. The number of carbonyl (C=O) groups is 1. The van der Waals surface area contributed by atoms with E-state index >= 15 is 4.39 Å². The summed E-state index contributed by atoms with van der Waals surface area (Å²) in [6.07, 6.45) is -4.28. The van der Waals surface area contributed by atoms with Gasteiger partial charge in [-0.25, -0.2) is 13.6 Å².